The maximum absolute atomic E-state index is 3.49. The molecular weight excluding hydrogens is 222 g/mol. The third-order valence-corrected chi connectivity index (χ3v) is 4.72. The fourth-order valence-corrected chi connectivity index (χ4v) is 3.44. The molecule has 2 aliphatic heterocycles. The Morgan fingerprint density at radius 1 is 0.944 bits per heavy atom. The molecule has 0 spiro atoms. The summed E-state index contributed by atoms with van der Waals surface area (Å²) in [5, 5.41) is 3.49. The quantitative estimate of drug-likeness (QED) is 0.776. The van der Waals surface area contributed by atoms with Crippen molar-refractivity contribution in [2.75, 3.05) is 52.4 Å². The van der Waals surface area contributed by atoms with Crippen LogP contribution in [0, 0.1) is 11.8 Å². The number of piperidine rings is 1. The highest BCUT2D eigenvalue weighted by Crippen LogP contribution is 2.22. The molecule has 0 aromatic heterocycles. The monoisotopic (exact) mass is 253 g/mol. The van der Waals surface area contributed by atoms with Crippen LogP contribution < -0.4 is 5.32 Å². The van der Waals surface area contributed by atoms with E-state index in [0.29, 0.717) is 0 Å². The predicted molar refractivity (Wildman–Crippen MR) is 77.9 cm³/mol. The van der Waals surface area contributed by atoms with Crippen molar-refractivity contribution in [3.05, 3.63) is 0 Å². The first-order valence-corrected chi connectivity index (χ1v) is 7.97. The minimum atomic E-state index is 0.903. The van der Waals surface area contributed by atoms with E-state index in [1.165, 1.54) is 65.1 Å². The fourth-order valence-electron chi connectivity index (χ4n) is 3.44. The lowest BCUT2D eigenvalue weighted by Crippen LogP contribution is -2.38. The number of likely N-dealkylation sites (tertiary alicyclic amines) is 2. The van der Waals surface area contributed by atoms with Gasteiger partial charge in [-0.3, -0.25) is 0 Å². The summed E-state index contributed by atoms with van der Waals surface area (Å²) < 4.78 is 0. The Bertz CT molecular complexity index is 224. The summed E-state index contributed by atoms with van der Waals surface area (Å²) in [6, 6.07) is 0. The molecule has 18 heavy (non-hydrogen) atoms. The number of rotatable bonds is 6. The van der Waals surface area contributed by atoms with Crippen LogP contribution in [0.1, 0.15) is 33.1 Å². The molecule has 0 radical (unpaired) electrons. The minimum absolute atomic E-state index is 0.903. The van der Waals surface area contributed by atoms with E-state index in [1.807, 2.05) is 0 Å². The summed E-state index contributed by atoms with van der Waals surface area (Å²) >= 11 is 0. The second-order valence-electron chi connectivity index (χ2n) is 6.10. The second kappa shape index (κ2) is 7.46. The van der Waals surface area contributed by atoms with Gasteiger partial charge in [0.15, 0.2) is 0 Å². The Morgan fingerprint density at radius 3 is 2.28 bits per heavy atom. The van der Waals surface area contributed by atoms with E-state index in [0.717, 1.165) is 18.4 Å². The summed E-state index contributed by atoms with van der Waals surface area (Å²) in [4.78, 5) is 5.31. The molecule has 3 heteroatoms. The van der Waals surface area contributed by atoms with Crippen molar-refractivity contribution in [1.29, 1.82) is 0 Å². The molecule has 0 aromatic rings. The van der Waals surface area contributed by atoms with Crippen LogP contribution in [0.5, 0.6) is 0 Å². The fraction of sp³-hybridized carbons (Fsp3) is 1.00. The van der Waals surface area contributed by atoms with E-state index < -0.39 is 0 Å². The Kier molecular flexibility index (Phi) is 5.93. The van der Waals surface area contributed by atoms with Crippen molar-refractivity contribution < 1.29 is 0 Å². The minimum Gasteiger partial charge on any atom is -0.317 e. The molecule has 1 N–H and O–H groups in total. The van der Waals surface area contributed by atoms with Gasteiger partial charge in [0.25, 0.3) is 0 Å². The Hall–Kier alpha value is -0.120. The molecule has 2 aliphatic rings. The molecule has 0 aliphatic carbocycles. The topological polar surface area (TPSA) is 18.5 Å². The highest BCUT2D eigenvalue weighted by Gasteiger charge is 2.26. The van der Waals surface area contributed by atoms with Crippen molar-refractivity contribution >= 4 is 0 Å². The molecule has 2 fully saturated rings. The third kappa shape index (κ3) is 4.22. The number of hydrogen-bond acceptors (Lipinski definition) is 3. The second-order valence-corrected chi connectivity index (χ2v) is 6.10. The van der Waals surface area contributed by atoms with Crippen molar-refractivity contribution in [2.45, 2.75) is 33.1 Å². The SMILES string of the molecule is CCNCC1CCN(CC2CCN(CC)CC2)C1. The van der Waals surface area contributed by atoms with E-state index >= 15 is 0 Å². The van der Waals surface area contributed by atoms with E-state index in [9.17, 15) is 0 Å². The van der Waals surface area contributed by atoms with Crippen LogP contribution in [-0.2, 0) is 0 Å². The largest absolute Gasteiger partial charge is 0.317 e. The van der Waals surface area contributed by atoms with Gasteiger partial charge in [0.2, 0.25) is 0 Å². The maximum Gasteiger partial charge on any atom is 0.00224 e. The maximum atomic E-state index is 3.49. The summed E-state index contributed by atoms with van der Waals surface area (Å²) in [5.41, 5.74) is 0. The van der Waals surface area contributed by atoms with Gasteiger partial charge in [0.1, 0.15) is 0 Å². The van der Waals surface area contributed by atoms with Crippen LogP contribution in [-0.4, -0.2) is 62.2 Å². The first-order chi connectivity index (χ1) is 8.81. The number of nitrogens with zero attached hydrogens (tertiary/aromatic N) is 2. The van der Waals surface area contributed by atoms with Gasteiger partial charge < -0.3 is 15.1 Å². The van der Waals surface area contributed by atoms with Crippen molar-refractivity contribution in [2.24, 2.45) is 11.8 Å². The molecule has 2 rings (SSSR count). The zero-order chi connectivity index (χ0) is 12.8. The molecule has 0 amide bonds. The lowest BCUT2D eigenvalue weighted by Gasteiger charge is -2.33. The van der Waals surface area contributed by atoms with Crippen LogP contribution in [0.2, 0.25) is 0 Å². The predicted octanol–water partition coefficient (Wildman–Crippen LogP) is 1.65. The zero-order valence-corrected chi connectivity index (χ0v) is 12.3. The van der Waals surface area contributed by atoms with E-state index in [2.05, 4.69) is 29.0 Å². The molecule has 0 aromatic carbocycles. The van der Waals surface area contributed by atoms with E-state index in [4.69, 9.17) is 0 Å². The molecule has 1 atom stereocenters. The van der Waals surface area contributed by atoms with Gasteiger partial charge in [-0.1, -0.05) is 13.8 Å². The van der Waals surface area contributed by atoms with Crippen LogP contribution in [0.3, 0.4) is 0 Å². The zero-order valence-electron chi connectivity index (χ0n) is 12.3. The van der Waals surface area contributed by atoms with Crippen LogP contribution >= 0.6 is 0 Å². The number of nitrogens with one attached hydrogen (secondary N) is 1. The third-order valence-electron chi connectivity index (χ3n) is 4.72. The van der Waals surface area contributed by atoms with Gasteiger partial charge in [-0.15, -0.1) is 0 Å². The lowest BCUT2D eigenvalue weighted by molar-refractivity contribution is 0.157. The summed E-state index contributed by atoms with van der Waals surface area (Å²) in [6.07, 6.45) is 4.24. The van der Waals surface area contributed by atoms with E-state index in [1.54, 1.807) is 0 Å². The number of hydrogen-bond donors (Lipinski definition) is 1. The Balaban J connectivity index is 1.63. The highest BCUT2D eigenvalue weighted by atomic mass is 15.2. The summed E-state index contributed by atoms with van der Waals surface area (Å²) in [5.74, 6) is 1.87. The molecule has 0 bridgehead atoms. The smallest absolute Gasteiger partial charge is 0.00224 e. The van der Waals surface area contributed by atoms with Crippen molar-refractivity contribution in [3.8, 4) is 0 Å². The standard InChI is InChI=1S/C15H31N3/c1-3-16-11-15-7-10-18(13-15)12-14-5-8-17(4-2)9-6-14/h14-16H,3-13H2,1-2H3. The molecule has 106 valence electrons. The van der Waals surface area contributed by atoms with Gasteiger partial charge in [0, 0.05) is 13.1 Å². The van der Waals surface area contributed by atoms with Crippen molar-refractivity contribution in [1.82, 2.24) is 15.1 Å². The first kappa shape index (κ1) is 14.3. The molecule has 1 unspecified atom stereocenters. The van der Waals surface area contributed by atoms with Gasteiger partial charge in [-0.25, -0.2) is 0 Å². The van der Waals surface area contributed by atoms with Crippen molar-refractivity contribution in [3.63, 3.8) is 0 Å². The summed E-state index contributed by atoms with van der Waals surface area (Å²) in [6.45, 7) is 14.8. The van der Waals surface area contributed by atoms with Crippen LogP contribution in [0.15, 0.2) is 0 Å². The van der Waals surface area contributed by atoms with Crippen LogP contribution in [0.25, 0.3) is 0 Å². The Morgan fingerprint density at radius 2 is 1.61 bits per heavy atom. The van der Waals surface area contributed by atoms with Crippen LogP contribution in [0.4, 0.5) is 0 Å². The lowest BCUT2D eigenvalue weighted by atomic mass is 9.96. The average molecular weight is 253 g/mol. The molecule has 0 saturated carbocycles. The molecule has 2 heterocycles. The highest BCUT2D eigenvalue weighted by molar-refractivity contribution is 4.81. The first-order valence-electron chi connectivity index (χ1n) is 7.97. The molecular formula is C15H31N3. The van der Waals surface area contributed by atoms with Gasteiger partial charge >= 0.3 is 0 Å². The average Bonchev–Trinajstić information content (AvgIpc) is 2.85. The molecule has 3 nitrogen and oxygen atoms in total. The van der Waals surface area contributed by atoms with Gasteiger partial charge in [-0.2, -0.15) is 0 Å². The Labute approximate surface area is 113 Å². The molecule has 2 saturated heterocycles. The van der Waals surface area contributed by atoms with Gasteiger partial charge in [0.05, 0.1) is 0 Å². The normalized spacial score (nSPS) is 28.0. The summed E-state index contributed by atoms with van der Waals surface area (Å²) in [7, 11) is 0. The van der Waals surface area contributed by atoms with Gasteiger partial charge in [-0.05, 0) is 70.4 Å². The van der Waals surface area contributed by atoms with E-state index in [-0.39, 0.29) is 0 Å².